The number of imidazole rings is 1. The molecular weight excluding hydrogens is 504 g/mol. The summed E-state index contributed by atoms with van der Waals surface area (Å²) in [6.07, 6.45) is 6.80. The predicted octanol–water partition coefficient (Wildman–Crippen LogP) is 4.13. The molecule has 0 atom stereocenters. The molecular formula is C24H29FIN5. The second-order valence-electron chi connectivity index (χ2n) is 7.85. The van der Waals surface area contributed by atoms with Gasteiger partial charge in [-0.05, 0) is 36.1 Å². The molecule has 2 N–H and O–H groups in total. The lowest BCUT2D eigenvalue weighted by atomic mass is 9.96. The summed E-state index contributed by atoms with van der Waals surface area (Å²) in [6.45, 7) is 2.30. The summed E-state index contributed by atoms with van der Waals surface area (Å²) in [5.41, 5.74) is 2.34. The van der Waals surface area contributed by atoms with Crippen LogP contribution in [0.3, 0.4) is 0 Å². The van der Waals surface area contributed by atoms with Crippen molar-refractivity contribution in [3.63, 3.8) is 0 Å². The Morgan fingerprint density at radius 1 is 1.13 bits per heavy atom. The average Bonchev–Trinajstić information content (AvgIpc) is 3.44. The molecule has 0 bridgehead atoms. The zero-order valence-corrected chi connectivity index (χ0v) is 20.1. The minimum atomic E-state index is -0.174. The summed E-state index contributed by atoms with van der Waals surface area (Å²) in [5.74, 6) is 1.63. The van der Waals surface area contributed by atoms with E-state index < -0.39 is 0 Å². The highest BCUT2D eigenvalue weighted by Crippen LogP contribution is 2.47. The molecule has 1 fully saturated rings. The lowest BCUT2D eigenvalue weighted by molar-refractivity contribution is 0.606. The minimum Gasteiger partial charge on any atom is -0.356 e. The van der Waals surface area contributed by atoms with Crippen molar-refractivity contribution in [2.45, 2.75) is 31.2 Å². The van der Waals surface area contributed by atoms with Crippen LogP contribution in [0.25, 0.3) is 0 Å². The first-order chi connectivity index (χ1) is 14.7. The smallest absolute Gasteiger partial charge is 0.191 e. The van der Waals surface area contributed by atoms with Crippen LogP contribution < -0.4 is 10.6 Å². The maximum atomic E-state index is 13.6. The molecule has 0 unspecified atom stereocenters. The van der Waals surface area contributed by atoms with E-state index in [2.05, 4.69) is 49.4 Å². The topological polar surface area (TPSA) is 54.2 Å². The van der Waals surface area contributed by atoms with Crippen LogP contribution in [0, 0.1) is 5.82 Å². The van der Waals surface area contributed by atoms with E-state index in [-0.39, 0.29) is 35.2 Å². The molecule has 164 valence electrons. The first kappa shape index (κ1) is 23.2. The van der Waals surface area contributed by atoms with Gasteiger partial charge in [-0.2, -0.15) is 0 Å². The molecule has 1 heterocycles. The van der Waals surface area contributed by atoms with E-state index in [1.807, 2.05) is 24.5 Å². The number of aliphatic imine (C=N–C) groups is 1. The fourth-order valence-corrected chi connectivity index (χ4v) is 3.80. The molecule has 1 saturated carbocycles. The summed E-state index contributed by atoms with van der Waals surface area (Å²) in [5, 5.41) is 6.79. The summed E-state index contributed by atoms with van der Waals surface area (Å²) < 4.78 is 15.8. The van der Waals surface area contributed by atoms with Crippen LogP contribution in [0.1, 0.15) is 29.8 Å². The van der Waals surface area contributed by atoms with E-state index in [1.165, 1.54) is 11.6 Å². The molecule has 7 heteroatoms. The van der Waals surface area contributed by atoms with Gasteiger partial charge in [-0.25, -0.2) is 9.37 Å². The number of nitrogens with one attached hydrogen (secondary N) is 2. The molecule has 2 aromatic carbocycles. The van der Waals surface area contributed by atoms with Crippen molar-refractivity contribution in [3.8, 4) is 0 Å². The SMILES string of the molecule is CN=C(NCCc1nccn1Cc1ccccc1)NCC1(c2cccc(F)c2)CC1.I. The number of aromatic nitrogens is 2. The quantitative estimate of drug-likeness (QED) is 0.260. The Balaban J connectivity index is 0.00000272. The molecule has 4 rings (SSSR count). The molecule has 0 spiro atoms. The van der Waals surface area contributed by atoms with E-state index in [0.29, 0.717) is 0 Å². The normalized spacial score (nSPS) is 14.6. The van der Waals surface area contributed by atoms with Crippen LogP contribution in [-0.4, -0.2) is 35.6 Å². The Hall–Kier alpha value is -2.42. The number of guanidine groups is 1. The van der Waals surface area contributed by atoms with Crippen molar-refractivity contribution >= 4 is 29.9 Å². The van der Waals surface area contributed by atoms with Gasteiger partial charge >= 0.3 is 0 Å². The van der Waals surface area contributed by atoms with Crippen molar-refractivity contribution in [1.82, 2.24) is 20.2 Å². The Bertz CT molecular complexity index is 998. The van der Waals surface area contributed by atoms with Gasteiger partial charge in [0, 0.05) is 50.9 Å². The van der Waals surface area contributed by atoms with Crippen LogP contribution in [0.5, 0.6) is 0 Å². The third-order valence-electron chi connectivity index (χ3n) is 5.75. The van der Waals surface area contributed by atoms with Crippen LogP contribution in [-0.2, 0) is 18.4 Å². The number of halogens is 2. The summed E-state index contributed by atoms with van der Waals surface area (Å²) in [6, 6.07) is 17.3. The van der Waals surface area contributed by atoms with Gasteiger partial charge in [-0.3, -0.25) is 4.99 Å². The first-order valence-corrected chi connectivity index (χ1v) is 10.4. The van der Waals surface area contributed by atoms with Gasteiger partial charge in [0.15, 0.2) is 5.96 Å². The molecule has 1 aliphatic rings. The molecule has 0 aliphatic heterocycles. The van der Waals surface area contributed by atoms with Crippen LogP contribution in [0.15, 0.2) is 72.0 Å². The Morgan fingerprint density at radius 2 is 1.94 bits per heavy atom. The maximum absolute atomic E-state index is 13.6. The summed E-state index contributed by atoms with van der Waals surface area (Å²) in [7, 11) is 1.77. The van der Waals surface area contributed by atoms with Gasteiger partial charge in [-0.15, -0.1) is 24.0 Å². The van der Waals surface area contributed by atoms with Crippen molar-refractivity contribution in [2.75, 3.05) is 20.1 Å². The number of hydrogen-bond acceptors (Lipinski definition) is 2. The van der Waals surface area contributed by atoms with E-state index >= 15 is 0 Å². The van der Waals surface area contributed by atoms with Crippen molar-refractivity contribution in [2.24, 2.45) is 4.99 Å². The highest BCUT2D eigenvalue weighted by atomic mass is 127. The highest BCUT2D eigenvalue weighted by molar-refractivity contribution is 14.0. The molecule has 0 amide bonds. The first-order valence-electron chi connectivity index (χ1n) is 10.4. The predicted molar refractivity (Wildman–Crippen MR) is 134 cm³/mol. The fourth-order valence-electron chi connectivity index (χ4n) is 3.80. The van der Waals surface area contributed by atoms with Crippen LogP contribution in [0.4, 0.5) is 4.39 Å². The van der Waals surface area contributed by atoms with Gasteiger partial charge in [0.05, 0.1) is 0 Å². The average molecular weight is 533 g/mol. The molecule has 5 nitrogen and oxygen atoms in total. The Morgan fingerprint density at radius 3 is 2.65 bits per heavy atom. The van der Waals surface area contributed by atoms with Crippen LogP contribution >= 0.6 is 24.0 Å². The lowest BCUT2D eigenvalue weighted by Gasteiger charge is -2.19. The number of rotatable bonds is 8. The van der Waals surface area contributed by atoms with E-state index in [4.69, 9.17) is 0 Å². The largest absolute Gasteiger partial charge is 0.356 e. The summed E-state index contributed by atoms with van der Waals surface area (Å²) in [4.78, 5) is 8.84. The minimum absolute atomic E-state index is 0. The maximum Gasteiger partial charge on any atom is 0.191 e. The lowest BCUT2D eigenvalue weighted by Crippen LogP contribution is -2.42. The number of hydrogen-bond donors (Lipinski definition) is 2. The third-order valence-corrected chi connectivity index (χ3v) is 5.75. The second-order valence-corrected chi connectivity index (χ2v) is 7.85. The molecule has 3 aromatic rings. The van der Waals surface area contributed by atoms with E-state index in [0.717, 1.165) is 56.2 Å². The molecule has 1 aromatic heterocycles. The second kappa shape index (κ2) is 10.7. The van der Waals surface area contributed by atoms with Crippen molar-refractivity contribution < 1.29 is 4.39 Å². The van der Waals surface area contributed by atoms with Crippen LogP contribution in [0.2, 0.25) is 0 Å². The van der Waals surface area contributed by atoms with Crippen molar-refractivity contribution in [3.05, 3.63) is 89.8 Å². The van der Waals surface area contributed by atoms with Gasteiger partial charge in [-0.1, -0.05) is 42.5 Å². The zero-order valence-electron chi connectivity index (χ0n) is 17.7. The zero-order chi connectivity index (χ0) is 20.8. The monoisotopic (exact) mass is 533 g/mol. The molecule has 31 heavy (non-hydrogen) atoms. The standard InChI is InChI=1S/C24H28FN5.HI/c1-26-23(29-18-24(11-12-24)20-8-5-9-21(25)16-20)28-13-10-22-27-14-15-30(22)17-19-6-3-2-4-7-19;/h2-9,14-16H,10-13,17-18H2,1H3,(H2,26,28,29);1H. The van der Waals surface area contributed by atoms with Gasteiger partial charge < -0.3 is 15.2 Å². The molecule has 0 radical (unpaired) electrons. The van der Waals surface area contributed by atoms with E-state index in [9.17, 15) is 4.39 Å². The molecule has 1 aliphatic carbocycles. The van der Waals surface area contributed by atoms with Crippen molar-refractivity contribution in [1.29, 1.82) is 0 Å². The number of benzene rings is 2. The van der Waals surface area contributed by atoms with Gasteiger partial charge in [0.25, 0.3) is 0 Å². The number of nitrogens with zero attached hydrogens (tertiary/aromatic N) is 3. The fraction of sp³-hybridized carbons (Fsp3) is 0.333. The Kier molecular flexibility index (Phi) is 8.06. The Labute approximate surface area is 200 Å². The highest BCUT2D eigenvalue weighted by Gasteiger charge is 2.44. The summed E-state index contributed by atoms with van der Waals surface area (Å²) >= 11 is 0. The third kappa shape index (κ3) is 6.06. The van der Waals surface area contributed by atoms with Gasteiger partial charge in [0.2, 0.25) is 0 Å². The molecule has 0 saturated heterocycles. The van der Waals surface area contributed by atoms with Gasteiger partial charge in [0.1, 0.15) is 11.6 Å². The van der Waals surface area contributed by atoms with E-state index in [1.54, 1.807) is 19.2 Å².